The number of halogens is 1. The third-order valence-corrected chi connectivity index (χ3v) is 3.30. The number of thiocarbonyl (C=S) groups is 1. The zero-order valence-electron chi connectivity index (χ0n) is 10.2. The Morgan fingerprint density at radius 1 is 1.60 bits per heavy atom. The van der Waals surface area contributed by atoms with Gasteiger partial charge < -0.3 is 10.1 Å². The monoisotopic (exact) mass is 315 g/mol. The molecule has 0 saturated carbocycles. The summed E-state index contributed by atoms with van der Waals surface area (Å²) in [6.07, 6.45) is 0. The van der Waals surface area contributed by atoms with Crippen LogP contribution in [-0.4, -0.2) is 40.5 Å². The molecular weight excluding hydrogens is 306 g/mol. The summed E-state index contributed by atoms with van der Waals surface area (Å²) in [4.78, 5) is 23.2. The third-order valence-electron chi connectivity index (χ3n) is 2.64. The Bertz CT molecular complexity index is 581. The predicted molar refractivity (Wildman–Crippen MR) is 75.9 cm³/mol. The fourth-order valence-electron chi connectivity index (χ4n) is 1.65. The van der Waals surface area contributed by atoms with E-state index in [4.69, 9.17) is 28.6 Å². The lowest BCUT2D eigenvalue weighted by Gasteiger charge is -2.15. The van der Waals surface area contributed by atoms with Crippen LogP contribution in [0, 0.1) is 10.1 Å². The molecule has 0 atom stereocenters. The average Bonchev–Trinajstić information content (AvgIpc) is 2.83. The van der Waals surface area contributed by atoms with Crippen LogP contribution in [0.4, 0.5) is 5.69 Å². The second-order valence-corrected chi connectivity index (χ2v) is 4.73. The fourth-order valence-corrected chi connectivity index (χ4v) is 2.17. The average molecular weight is 316 g/mol. The maximum Gasteiger partial charge on any atom is 0.271 e. The molecule has 0 spiro atoms. The summed E-state index contributed by atoms with van der Waals surface area (Å²) in [7, 11) is 0. The number of ether oxygens (including phenoxy) is 1. The molecule has 1 heterocycles. The molecule has 0 aromatic heterocycles. The van der Waals surface area contributed by atoms with Crippen molar-refractivity contribution in [3.63, 3.8) is 0 Å². The largest absolute Gasteiger partial charge is 0.482 e. The van der Waals surface area contributed by atoms with Gasteiger partial charge in [0.25, 0.3) is 11.6 Å². The van der Waals surface area contributed by atoms with Crippen LogP contribution in [-0.2, 0) is 4.79 Å². The molecule has 1 aliphatic rings. The summed E-state index contributed by atoms with van der Waals surface area (Å²) in [5.41, 5.74) is -0.140. The second kappa shape index (κ2) is 6.02. The molecule has 9 heteroatoms. The van der Waals surface area contributed by atoms with E-state index >= 15 is 0 Å². The molecule has 0 unspecified atom stereocenters. The van der Waals surface area contributed by atoms with Crippen molar-refractivity contribution in [2.24, 2.45) is 0 Å². The van der Waals surface area contributed by atoms with Crippen molar-refractivity contribution < 1.29 is 14.5 Å². The van der Waals surface area contributed by atoms with Gasteiger partial charge in [-0.1, -0.05) is 11.6 Å². The summed E-state index contributed by atoms with van der Waals surface area (Å²) >= 11 is 10.8. The van der Waals surface area contributed by atoms with Crippen LogP contribution in [0.2, 0.25) is 5.02 Å². The molecule has 106 valence electrons. The molecule has 0 radical (unpaired) electrons. The van der Waals surface area contributed by atoms with Gasteiger partial charge in [0.1, 0.15) is 5.75 Å². The van der Waals surface area contributed by atoms with E-state index in [0.29, 0.717) is 18.2 Å². The quantitative estimate of drug-likeness (QED) is 0.513. The number of carbonyl (C=O) groups is 1. The van der Waals surface area contributed by atoms with E-state index in [1.165, 1.54) is 23.1 Å². The number of non-ortho nitro benzene ring substituents is 1. The van der Waals surface area contributed by atoms with Crippen molar-refractivity contribution in [2.75, 3.05) is 19.7 Å². The highest BCUT2D eigenvalue weighted by molar-refractivity contribution is 7.80. The summed E-state index contributed by atoms with van der Waals surface area (Å²) in [6, 6.07) is 3.78. The highest BCUT2D eigenvalue weighted by Crippen LogP contribution is 2.28. The lowest BCUT2D eigenvalue weighted by atomic mass is 10.3. The molecule has 1 N–H and O–H groups in total. The lowest BCUT2D eigenvalue weighted by Crippen LogP contribution is -2.37. The molecule has 0 aliphatic carbocycles. The normalized spacial score (nSPS) is 14.1. The van der Waals surface area contributed by atoms with Crippen molar-refractivity contribution in [1.29, 1.82) is 0 Å². The van der Waals surface area contributed by atoms with Crippen LogP contribution in [0.15, 0.2) is 18.2 Å². The molecule has 1 aromatic carbocycles. The molecular formula is C11H10ClN3O4S. The standard InChI is InChI=1S/C11H10ClN3O4S/c12-8-5-7(15(17)18)1-2-9(8)19-6-10(16)14-4-3-13-11(14)20/h1-2,5H,3-4,6H2,(H,13,20). The zero-order chi connectivity index (χ0) is 14.7. The van der Waals surface area contributed by atoms with Crippen LogP contribution in [0.5, 0.6) is 5.75 Å². The number of nitrogens with one attached hydrogen (secondary N) is 1. The van der Waals surface area contributed by atoms with Crippen LogP contribution < -0.4 is 10.1 Å². The Labute approximate surface area is 124 Å². The van der Waals surface area contributed by atoms with Gasteiger partial charge in [-0.15, -0.1) is 0 Å². The second-order valence-electron chi connectivity index (χ2n) is 3.94. The first kappa shape index (κ1) is 14.5. The van der Waals surface area contributed by atoms with Crippen molar-refractivity contribution >= 4 is 40.5 Å². The van der Waals surface area contributed by atoms with Gasteiger partial charge in [-0.3, -0.25) is 19.8 Å². The lowest BCUT2D eigenvalue weighted by molar-refractivity contribution is -0.384. The van der Waals surface area contributed by atoms with Gasteiger partial charge in [0.15, 0.2) is 11.7 Å². The number of nitro groups is 1. The first-order chi connectivity index (χ1) is 9.49. The Morgan fingerprint density at radius 3 is 2.90 bits per heavy atom. The Morgan fingerprint density at radius 2 is 2.35 bits per heavy atom. The van der Waals surface area contributed by atoms with Gasteiger partial charge >= 0.3 is 0 Å². The van der Waals surface area contributed by atoms with Crippen molar-refractivity contribution in [3.8, 4) is 5.75 Å². The zero-order valence-corrected chi connectivity index (χ0v) is 11.7. The number of amides is 1. The van der Waals surface area contributed by atoms with Gasteiger partial charge in [0.05, 0.1) is 9.95 Å². The van der Waals surface area contributed by atoms with E-state index in [1.807, 2.05) is 0 Å². The van der Waals surface area contributed by atoms with Crippen LogP contribution >= 0.6 is 23.8 Å². The van der Waals surface area contributed by atoms with Crippen molar-refractivity contribution in [2.45, 2.75) is 0 Å². The fraction of sp³-hybridized carbons (Fsp3) is 0.273. The minimum Gasteiger partial charge on any atom is -0.482 e. The third kappa shape index (κ3) is 3.14. The summed E-state index contributed by atoms with van der Waals surface area (Å²) in [6.45, 7) is 0.872. The van der Waals surface area contributed by atoms with Crippen molar-refractivity contribution in [1.82, 2.24) is 10.2 Å². The van der Waals surface area contributed by atoms with Crippen LogP contribution in [0.1, 0.15) is 0 Å². The first-order valence-electron chi connectivity index (χ1n) is 5.64. The summed E-state index contributed by atoms with van der Waals surface area (Å²) < 4.78 is 5.26. The molecule has 1 saturated heterocycles. The van der Waals surface area contributed by atoms with Crippen molar-refractivity contribution in [3.05, 3.63) is 33.3 Å². The maximum absolute atomic E-state index is 11.8. The number of benzene rings is 1. The molecule has 1 aliphatic heterocycles. The number of hydrogen-bond donors (Lipinski definition) is 1. The van der Waals surface area contributed by atoms with Gasteiger partial charge in [-0.05, 0) is 18.3 Å². The number of hydrogen-bond acceptors (Lipinski definition) is 5. The van der Waals surface area contributed by atoms with E-state index in [9.17, 15) is 14.9 Å². The van der Waals surface area contributed by atoms with E-state index in [1.54, 1.807) is 0 Å². The predicted octanol–water partition coefficient (Wildman–Crippen LogP) is 1.34. The minimum atomic E-state index is -0.560. The van der Waals surface area contributed by atoms with E-state index in [-0.39, 0.29) is 29.0 Å². The maximum atomic E-state index is 11.8. The Kier molecular flexibility index (Phi) is 4.35. The van der Waals surface area contributed by atoms with E-state index in [2.05, 4.69) is 5.32 Å². The molecule has 1 amide bonds. The molecule has 0 bridgehead atoms. The highest BCUT2D eigenvalue weighted by Gasteiger charge is 2.23. The highest BCUT2D eigenvalue weighted by atomic mass is 35.5. The van der Waals surface area contributed by atoms with Gasteiger partial charge in [-0.25, -0.2) is 0 Å². The van der Waals surface area contributed by atoms with Gasteiger partial charge in [-0.2, -0.15) is 0 Å². The molecule has 7 nitrogen and oxygen atoms in total. The topological polar surface area (TPSA) is 84.7 Å². The number of nitro benzene ring substituents is 1. The van der Waals surface area contributed by atoms with Gasteiger partial charge in [0.2, 0.25) is 0 Å². The van der Waals surface area contributed by atoms with Crippen LogP contribution in [0.25, 0.3) is 0 Å². The van der Waals surface area contributed by atoms with E-state index < -0.39 is 4.92 Å². The number of rotatable bonds is 4. The smallest absolute Gasteiger partial charge is 0.271 e. The number of nitrogens with zero attached hydrogens (tertiary/aromatic N) is 2. The van der Waals surface area contributed by atoms with E-state index in [0.717, 1.165) is 0 Å². The molecule has 2 rings (SSSR count). The number of carbonyl (C=O) groups excluding carboxylic acids is 1. The SMILES string of the molecule is O=C(COc1ccc([N+](=O)[O-])cc1Cl)N1CCNC1=S. The first-order valence-corrected chi connectivity index (χ1v) is 6.42. The Hall–Kier alpha value is -1.93. The molecule has 20 heavy (non-hydrogen) atoms. The molecule has 1 fully saturated rings. The molecule has 1 aromatic rings. The Balaban J connectivity index is 1.99. The van der Waals surface area contributed by atoms with Gasteiger partial charge in [0, 0.05) is 25.2 Å². The summed E-state index contributed by atoms with van der Waals surface area (Å²) in [5, 5.41) is 13.9. The summed E-state index contributed by atoms with van der Waals surface area (Å²) in [5.74, 6) is -0.0851. The minimum absolute atomic E-state index is 0.0779. The van der Waals surface area contributed by atoms with Crippen LogP contribution in [0.3, 0.4) is 0 Å².